The van der Waals surface area contributed by atoms with Gasteiger partial charge in [0.05, 0.1) is 5.02 Å². The van der Waals surface area contributed by atoms with Gasteiger partial charge in [-0.1, -0.05) is 11.6 Å². The van der Waals surface area contributed by atoms with Crippen molar-refractivity contribution in [1.82, 2.24) is 0 Å². The minimum Gasteiger partial charge on any atom is -0.371 e. The van der Waals surface area contributed by atoms with Crippen molar-refractivity contribution in [1.29, 1.82) is 0 Å². The lowest BCUT2D eigenvalue weighted by Gasteiger charge is -2.22. The van der Waals surface area contributed by atoms with Gasteiger partial charge in [-0.3, -0.25) is 4.79 Å². The number of anilines is 1. The summed E-state index contributed by atoms with van der Waals surface area (Å²) in [5, 5.41) is 0.546. The summed E-state index contributed by atoms with van der Waals surface area (Å²) >= 11 is 8.02. The van der Waals surface area contributed by atoms with Gasteiger partial charge in [-0.15, -0.1) is 0 Å². The molecule has 0 radical (unpaired) electrons. The fraction of sp³-hybridized carbons (Fsp3) is 0.417. The van der Waals surface area contributed by atoms with Crippen LogP contribution in [0.25, 0.3) is 0 Å². The topological polar surface area (TPSA) is 20.3 Å². The summed E-state index contributed by atoms with van der Waals surface area (Å²) in [5.41, 5.74) is 1.69. The molecule has 0 saturated carbocycles. The van der Waals surface area contributed by atoms with E-state index in [4.69, 9.17) is 11.6 Å². The maximum Gasteiger partial charge on any atom is 0.151 e. The van der Waals surface area contributed by atoms with E-state index in [-0.39, 0.29) is 0 Å². The smallest absolute Gasteiger partial charge is 0.151 e. The molecule has 2 rings (SSSR count). The number of hydrogen-bond donors (Lipinski definition) is 0. The lowest BCUT2D eigenvalue weighted by atomic mass is 10.2. The molecule has 0 aliphatic carbocycles. The Kier molecular flexibility index (Phi) is 4.13. The third-order valence-corrected chi connectivity index (χ3v) is 4.07. The molecule has 86 valence electrons. The van der Waals surface area contributed by atoms with Gasteiger partial charge in [-0.25, -0.2) is 0 Å². The highest BCUT2D eigenvalue weighted by Crippen LogP contribution is 2.24. The van der Waals surface area contributed by atoms with E-state index >= 15 is 0 Å². The van der Waals surface area contributed by atoms with E-state index in [0.717, 1.165) is 30.8 Å². The number of thioether (sulfide) groups is 1. The predicted octanol–water partition coefficient (Wildman–Crippen LogP) is 3.10. The zero-order valence-electron chi connectivity index (χ0n) is 8.99. The standard InChI is InChI=1S/C12H14ClNOS/c13-12-8-11(3-2-10(12)9-15)14-4-1-6-16-7-5-14/h2-3,8-9H,1,4-7H2. The van der Waals surface area contributed by atoms with E-state index in [9.17, 15) is 4.79 Å². The number of aldehydes is 1. The molecule has 0 amide bonds. The number of carbonyl (C=O) groups excluding carboxylic acids is 1. The van der Waals surface area contributed by atoms with Crippen LogP contribution in [-0.2, 0) is 0 Å². The highest BCUT2D eigenvalue weighted by Gasteiger charge is 2.11. The third-order valence-electron chi connectivity index (χ3n) is 2.70. The number of benzene rings is 1. The van der Waals surface area contributed by atoms with Crippen LogP contribution in [0.3, 0.4) is 0 Å². The Morgan fingerprint density at radius 1 is 1.31 bits per heavy atom. The molecule has 0 spiro atoms. The molecule has 1 aromatic carbocycles. The lowest BCUT2D eigenvalue weighted by molar-refractivity contribution is 0.112. The van der Waals surface area contributed by atoms with E-state index in [1.165, 1.54) is 12.2 Å². The fourth-order valence-corrected chi connectivity index (χ4v) is 2.92. The average Bonchev–Trinajstić information content (AvgIpc) is 2.57. The van der Waals surface area contributed by atoms with Crippen LogP contribution >= 0.6 is 23.4 Å². The first-order valence-corrected chi connectivity index (χ1v) is 6.92. The Morgan fingerprint density at radius 2 is 2.19 bits per heavy atom. The first-order chi connectivity index (χ1) is 7.81. The van der Waals surface area contributed by atoms with Crippen molar-refractivity contribution in [3.63, 3.8) is 0 Å². The zero-order chi connectivity index (χ0) is 11.4. The summed E-state index contributed by atoms with van der Waals surface area (Å²) in [7, 11) is 0. The minimum absolute atomic E-state index is 0.546. The van der Waals surface area contributed by atoms with Gasteiger partial charge in [0.25, 0.3) is 0 Å². The van der Waals surface area contributed by atoms with Crippen molar-refractivity contribution in [3.8, 4) is 0 Å². The zero-order valence-corrected chi connectivity index (χ0v) is 10.6. The Labute approximate surface area is 105 Å². The molecular formula is C12H14ClNOS. The summed E-state index contributed by atoms with van der Waals surface area (Å²) in [4.78, 5) is 13.0. The van der Waals surface area contributed by atoms with Crippen molar-refractivity contribution in [3.05, 3.63) is 28.8 Å². The van der Waals surface area contributed by atoms with Gasteiger partial charge in [0.15, 0.2) is 6.29 Å². The van der Waals surface area contributed by atoms with Gasteiger partial charge in [0, 0.05) is 30.1 Å². The number of nitrogens with zero attached hydrogens (tertiary/aromatic N) is 1. The molecule has 16 heavy (non-hydrogen) atoms. The summed E-state index contributed by atoms with van der Waals surface area (Å²) in [5.74, 6) is 2.39. The highest BCUT2D eigenvalue weighted by molar-refractivity contribution is 7.99. The summed E-state index contributed by atoms with van der Waals surface area (Å²) in [6, 6.07) is 5.66. The second-order valence-corrected chi connectivity index (χ2v) is 5.41. The molecule has 0 aromatic heterocycles. The first-order valence-electron chi connectivity index (χ1n) is 5.38. The molecule has 1 aliphatic rings. The van der Waals surface area contributed by atoms with Crippen LogP contribution < -0.4 is 4.90 Å². The van der Waals surface area contributed by atoms with Crippen LogP contribution in [0.1, 0.15) is 16.8 Å². The molecule has 1 aliphatic heterocycles. The molecular weight excluding hydrogens is 242 g/mol. The molecule has 2 nitrogen and oxygen atoms in total. The van der Waals surface area contributed by atoms with E-state index in [1.807, 2.05) is 23.9 Å². The van der Waals surface area contributed by atoms with E-state index in [2.05, 4.69) is 4.90 Å². The van der Waals surface area contributed by atoms with Gasteiger partial charge >= 0.3 is 0 Å². The van der Waals surface area contributed by atoms with Crippen molar-refractivity contribution in [2.24, 2.45) is 0 Å². The maximum atomic E-state index is 10.7. The maximum absolute atomic E-state index is 10.7. The molecule has 0 bridgehead atoms. The van der Waals surface area contributed by atoms with Crippen molar-refractivity contribution >= 4 is 35.3 Å². The van der Waals surface area contributed by atoms with Gasteiger partial charge in [0.1, 0.15) is 0 Å². The molecule has 1 fully saturated rings. The molecule has 0 atom stereocenters. The number of carbonyl (C=O) groups is 1. The normalized spacial score (nSPS) is 16.9. The van der Waals surface area contributed by atoms with Crippen LogP contribution in [0, 0.1) is 0 Å². The second-order valence-electron chi connectivity index (χ2n) is 3.78. The highest BCUT2D eigenvalue weighted by atomic mass is 35.5. The minimum atomic E-state index is 0.546. The van der Waals surface area contributed by atoms with Gasteiger partial charge in [-0.05, 0) is 30.4 Å². The van der Waals surface area contributed by atoms with Crippen LogP contribution in [0.4, 0.5) is 5.69 Å². The molecule has 4 heteroatoms. The van der Waals surface area contributed by atoms with Crippen LogP contribution in [-0.4, -0.2) is 30.9 Å². The SMILES string of the molecule is O=Cc1ccc(N2CCCSCC2)cc1Cl. The van der Waals surface area contributed by atoms with Crippen molar-refractivity contribution < 1.29 is 4.79 Å². The summed E-state index contributed by atoms with van der Waals surface area (Å²) in [6.45, 7) is 2.13. The van der Waals surface area contributed by atoms with Gasteiger partial charge in [-0.2, -0.15) is 11.8 Å². The predicted molar refractivity (Wildman–Crippen MR) is 71.0 cm³/mol. The van der Waals surface area contributed by atoms with E-state index in [1.54, 1.807) is 6.07 Å². The molecule has 0 unspecified atom stereocenters. The monoisotopic (exact) mass is 255 g/mol. The quantitative estimate of drug-likeness (QED) is 0.758. The van der Waals surface area contributed by atoms with E-state index in [0.29, 0.717) is 10.6 Å². The molecule has 1 saturated heterocycles. The van der Waals surface area contributed by atoms with Crippen LogP contribution in [0.15, 0.2) is 18.2 Å². The fourth-order valence-electron chi connectivity index (χ4n) is 1.81. The largest absolute Gasteiger partial charge is 0.371 e. The van der Waals surface area contributed by atoms with Crippen LogP contribution in [0.5, 0.6) is 0 Å². The Balaban J connectivity index is 2.19. The van der Waals surface area contributed by atoms with Crippen molar-refractivity contribution in [2.45, 2.75) is 6.42 Å². The number of halogens is 1. The van der Waals surface area contributed by atoms with Crippen molar-refractivity contribution in [2.75, 3.05) is 29.5 Å². The van der Waals surface area contributed by atoms with Gasteiger partial charge < -0.3 is 4.90 Å². The second kappa shape index (κ2) is 5.60. The molecule has 1 heterocycles. The van der Waals surface area contributed by atoms with Gasteiger partial charge in [0.2, 0.25) is 0 Å². The first kappa shape index (κ1) is 11.8. The summed E-state index contributed by atoms with van der Waals surface area (Å²) < 4.78 is 0. The Morgan fingerprint density at radius 3 is 2.94 bits per heavy atom. The average molecular weight is 256 g/mol. The summed E-state index contributed by atoms with van der Waals surface area (Å²) in [6.07, 6.45) is 2.00. The molecule has 1 aromatic rings. The lowest BCUT2D eigenvalue weighted by Crippen LogP contribution is -2.25. The Hall–Kier alpha value is -0.670. The third kappa shape index (κ3) is 2.71. The van der Waals surface area contributed by atoms with Crippen LogP contribution in [0.2, 0.25) is 5.02 Å². The Bertz CT molecular complexity index is 375. The number of rotatable bonds is 2. The number of hydrogen-bond acceptors (Lipinski definition) is 3. The molecule has 0 N–H and O–H groups in total. The van der Waals surface area contributed by atoms with E-state index < -0.39 is 0 Å².